The first-order valence-electron chi connectivity index (χ1n) is 6.34. The van der Waals surface area contributed by atoms with Crippen LogP contribution in [0.5, 0.6) is 0 Å². The van der Waals surface area contributed by atoms with Crippen LogP contribution < -0.4 is 16.0 Å². The largest absolute Gasteiger partial charge is 0.383 e. The second-order valence-electron chi connectivity index (χ2n) is 4.81. The maximum Gasteiger partial charge on any atom is 0.243 e. The Balaban J connectivity index is 0. The lowest BCUT2D eigenvalue weighted by molar-refractivity contribution is -0.118. The molecule has 7 heteroatoms. The quantitative estimate of drug-likeness (QED) is 0.835. The number of carbonyl (C=O) groups is 1. The van der Waals surface area contributed by atoms with Crippen LogP contribution in [0.25, 0.3) is 0 Å². The molecule has 0 aromatic heterocycles. The fourth-order valence-electron chi connectivity index (χ4n) is 1.59. The van der Waals surface area contributed by atoms with Crippen molar-refractivity contribution >= 4 is 42.1 Å². The number of anilines is 2. The summed E-state index contributed by atoms with van der Waals surface area (Å²) in [5.41, 5.74) is 7.46. The number of halogens is 2. The number of hydrogen-bond donors (Lipinski definition) is 2. The molecule has 0 bridgehead atoms. The van der Waals surface area contributed by atoms with Crippen molar-refractivity contribution in [2.75, 3.05) is 31.0 Å². The number of hydrogen-bond acceptors (Lipinski definition) is 4. The van der Waals surface area contributed by atoms with E-state index < -0.39 is 6.04 Å². The van der Waals surface area contributed by atoms with E-state index in [1.807, 2.05) is 31.3 Å². The maximum atomic E-state index is 11.8. The Bertz CT molecular complexity index is 430. The molecule has 21 heavy (non-hydrogen) atoms. The van der Waals surface area contributed by atoms with Gasteiger partial charge in [-0.3, -0.25) is 4.79 Å². The highest BCUT2D eigenvalue weighted by Crippen LogP contribution is 2.20. The van der Waals surface area contributed by atoms with E-state index in [1.165, 1.54) is 7.11 Å². The van der Waals surface area contributed by atoms with Crippen LogP contribution in [0.15, 0.2) is 24.3 Å². The van der Waals surface area contributed by atoms with Crippen LogP contribution in [-0.4, -0.2) is 38.8 Å². The summed E-state index contributed by atoms with van der Waals surface area (Å²) in [6.45, 7) is 4.43. The fraction of sp³-hybridized carbons (Fsp3) is 0.500. The van der Waals surface area contributed by atoms with Crippen molar-refractivity contribution in [3.8, 4) is 0 Å². The van der Waals surface area contributed by atoms with Gasteiger partial charge in [0.15, 0.2) is 0 Å². The van der Waals surface area contributed by atoms with Crippen molar-refractivity contribution in [3.05, 3.63) is 24.3 Å². The number of amides is 1. The molecule has 1 atom stereocenters. The van der Waals surface area contributed by atoms with E-state index in [1.54, 1.807) is 0 Å². The first-order chi connectivity index (χ1) is 8.95. The van der Waals surface area contributed by atoms with Gasteiger partial charge in [0.1, 0.15) is 6.04 Å². The van der Waals surface area contributed by atoms with Gasteiger partial charge >= 0.3 is 0 Å². The highest BCUT2D eigenvalue weighted by molar-refractivity contribution is 5.95. The predicted octanol–water partition coefficient (Wildman–Crippen LogP) is 2.29. The number of methoxy groups -OCH3 is 1. The lowest BCUT2D eigenvalue weighted by atomic mass is 10.2. The lowest BCUT2D eigenvalue weighted by Crippen LogP contribution is -2.39. The molecule has 122 valence electrons. The maximum absolute atomic E-state index is 11.8. The van der Waals surface area contributed by atoms with Crippen molar-refractivity contribution in [3.63, 3.8) is 0 Å². The molecule has 0 saturated heterocycles. The van der Waals surface area contributed by atoms with Crippen LogP contribution in [0.2, 0.25) is 0 Å². The third-order valence-electron chi connectivity index (χ3n) is 2.98. The molecule has 0 saturated carbocycles. The Hall–Kier alpha value is -1.01. The number of benzene rings is 1. The third-order valence-corrected chi connectivity index (χ3v) is 2.98. The Morgan fingerprint density at radius 2 is 2.00 bits per heavy atom. The monoisotopic (exact) mass is 337 g/mol. The molecule has 5 nitrogen and oxygen atoms in total. The van der Waals surface area contributed by atoms with Crippen LogP contribution in [0.3, 0.4) is 0 Å². The first kappa shape index (κ1) is 22.3. The highest BCUT2D eigenvalue weighted by Gasteiger charge is 2.13. The van der Waals surface area contributed by atoms with Crippen LogP contribution in [-0.2, 0) is 9.53 Å². The smallest absolute Gasteiger partial charge is 0.243 e. The molecule has 0 fully saturated rings. The highest BCUT2D eigenvalue weighted by atomic mass is 35.5. The summed E-state index contributed by atoms with van der Waals surface area (Å²) in [5.74, 6) is -0.244. The zero-order valence-electron chi connectivity index (χ0n) is 12.8. The minimum atomic E-state index is -0.656. The van der Waals surface area contributed by atoms with Crippen molar-refractivity contribution < 1.29 is 9.53 Å². The average molecular weight is 338 g/mol. The minimum Gasteiger partial charge on any atom is -0.383 e. The van der Waals surface area contributed by atoms with E-state index in [0.717, 1.165) is 11.4 Å². The molecule has 1 aromatic carbocycles. The Labute approximate surface area is 139 Å². The molecule has 0 aliphatic carbocycles. The Kier molecular flexibility index (Phi) is 11.3. The fourth-order valence-corrected chi connectivity index (χ4v) is 1.59. The third kappa shape index (κ3) is 7.00. The summed E-state index contributed by atoms with van der Waals surface area (Å²) >= 11 is 0. The van der Waals surface area contributed by atoms with Gasteiger partial charge in [-0.05, 0) is 32.0 Å². The number of carbonyl (C=O) groups excluding carboxylic acids is 1. The molecular formula is C14H25Cl2N3O2. The van der Waals surface area contributed by atoms with Crippen molar-refractivity contribution in [2.24, 2.45) is 5.73 Å². The van der Waals surface area contributed by atoms with Gasteiger partial charge in [0.2, 0.25) is 5.91 Å². The summed E-state index contributed by atoms with van der Waals surface area (Å²) < 4.78 is 4.86. The summed E-state index contributed by atoms with van der Waals surface area (Å²) in [6.07, 6.45) is 0. The van der Waals surface area contributed by atoms with Gasteiger partial charge in [-0.1, -0.05) is 6.07 Å². The van der Waals surface area contributed by atoms with E-state index in [-0.39, 0.29) is 37.3 Å². The molecule has 3 N–H and O–H groups in total. The Morgan fingerprint density at radius 1 is 1.38 bits per heavy atom. The van der Waals surface area contributed by atoms with Gasteiger partial charge < -0.3 is 20.7 Å². The van der Waals surface area contributed by atoms with Crippen LogP contribution in [0.1, 0.15) is 13.8 Å². The summed E-state index contributed by atoms with van der Waals surface area (Å²) in [4.78, 5) is 13.9. The molecule has 0 spiro atoms. The topological polar surface area (TPSA) is 67.6 Å². The normalized spacial score (nSPS) is 11.1. The molecule has 0 heterocycles. The van der Waals surface area contributed by atoms with Crippen molar-refractivity contribution in [1.82, 2.24) is 0 Å². The zero-order valence-corrected chi connectivity index (χ0v) is 14.5. The van der Waals surface area contributed by atoms with Crippen molar-refractivity contribution in [1.29, 1.82) is 0 Å². The summed E-state index contributed by atoms with van der Waals surface area (Å²) in [7, 11) is 3.54. The molecular weight excluding hydrogens is 313 g/mol. The van der Waals surface area contributed by atoms with Gasteiger partial charge in [0.25, 0.3) is 0 Å². The number of nitrogens with two attached hydrogens (primary N) is 1. The number of nitrogens with one attached hydrogen (secondary N) is 1. The van der Waals surface area contributed by atoms with E-state index >= 15 is 0 Å². The average Bonchev–Trinajstić information content (AvgIpc) is 2.38. The second-order valence-corrected chi connectivity index (χ2v) is 4.81. The zero-order chi connectivity index (χ0) is 14.4. The number of ether oxygens (including phenoxy) is 1. The van der Waals surface area contributed by atoms with E-state index in [0.29, 0.717) is 6.04 Å². The van der Waals surface area contributed by atoms with E-state index in [2.05, 4.69) is 24.1 Å². The molecule has 0 aliphatic heterocycles. The molecule has 0 aliphatic rings. The minimum absolute atomic E-state index is 0. The Morgan fingerprint density at radius 3 is 2.52 bits per heavy atom. The lowest BCUT2D eigenvalue weighted by Gasteiger charge is -2.24. The van der Waals surface area contributed by atoms with Gasteiger partial charge in [-0.15, -0.1) is 24.8 Å². The predicted molar refractivity (Wildman–Crippen MR) is 93.0 cm³/mol. The summed E-state index contributed by atoms with van der Waals surface area (Å²) in [5, 5.41) is 2.79. The molecule has 0 radical (unpaired) electrons. The second kappa shape index (κ2) is 10.7. The molecule has 1 rings (SSSR count). The molecule has 1 aromatic rings. The number of rotatable bonds is 6. The SMILES string of the molecule is COCC(N)C(=O)Nc1cccc(N(C)C(C)C)c1.Cl.Cl. The van der Waals surface area contributed by atoms with Crippen molar-refractivity contribution in [2.45, 2.75) is 25.9 Å². The van der Waals surface area contributed by atoms with Gasteiger partial charge in [-0.25, -0.2) is 0 Å². The van der Waals surface area contributed by atoms with Crippen LogP contribution in [0.4, 0.5) is 11.4 Å². The first-order valence-corrected chi connectivity index (χ1v) is 6.34. The van der Waals surface area contributed by atoms with Gasteiger partial charge in [0.05, 0.1) is 6.61 Å². The summed E-state index contributed by atoms with van der Waals surface area (Å²) in [6, 6.07) is 7.42. The van der Waals surface area contributed by atoms with E-state index in [9.17, 15) is 4.79 Å². The number of nitrogens with zero attached hydrogens (tertiary/aromatic N) is 1. The van der Waals surface area contributed by atoms with Crippen LogP contribution in [0, 0.1) is 0 Å². The van der Waals surface area contributed by atoms with Gasteiger partial charge in [0, 0.05) is 31.6 Å². The van der Waals surface area contributed by atoms with Crippen LogP contribution >= 0.6 is 24.8 Å². The molecule has 1 unspecified atom stereocenters. The molecule has 1 amide bonds. The van der Waals surface area contributed by atoms with Gasteiger partial charge in [-0.2, -0.15) is 0 Å². The van der Waals surface area contributed by atoms with E-state index in [4.69, 9.17) is 10.5 Å². The standard InChI is InChI=1S/C14H23N3O2.2ClH/c1-10(2)17(3)12-7-5-6-11(8-12)16-14(18)13(15)9-19-4;;/h5-8,10,13H,9,15H2,1-4H3,(H,16,18);2*1H.